The third-order valence-corrected chi connectivity index (χ3v) is 4.04. The second-order valence-corrected chi connectivity index (χ2v) is 6.37. The van der Waals surface area contributed by atoms with Crippen LogP contribution in [0, 0.1) is 9.39 Å². The second kappa shape index (κ2) is 6.28. The molecule has 1 amide bonds. The van der Waals surface area contributed by atoms with Gasteiger partial charge in [-0.15, -0.1) is 0 Å². The maximum absolute atomic E-state index is 13.1. The number of phenolic OH excluding ortho intramolecular Hbond substituents is 1. The highest BCUT2D eigenvalue weighted by Gasteiger charge is 2.16. The number of carbonyl (C=O) groups is 1. The van der Waals surface area contributed by atoms with Crippen LogP contribution in [0.5, 0.6) is 5.75 Å². The number of anilines is 1. The van der Waals surface area contributed by atoms with E-state index in [0.29, 0.717) is 4.47 Å². The van der Waals surface area contributed by atoms with Gasteiger partial charge in [0.2, 0.25) is 0 Å². The van der Waals surface area contributed by atoms with Gasteiger partial charge in [0, 0.05) is 8.04 Å². The van der Waals surface area contributed by atoms with Gasteiger partial charge in [-0.1, -0.05) is 11.6 Å². The van der Waals surface area contributed by atoms with E-state index in [4.69, 9.17) is 11.6 Å². The standard InChI is InChI=1S/C13H7BrClFINO2/c14-9-3-6(16)4-10(15)12(9)18-13(20)8-5-7(17)1-2-11(8)19/h1-5,19H,(H,18,20). The van der Waals surface area contributed by atoms with Crippen molar-refractivity contribution in [3.63, 3.8) is 0 Å². The molecule has 7 heteroatoms. The molecule has 0 radical (unpaired) electrons. The summed E-state index contributed by atoms with van der Waals surface area (Å²) in [5, 5.41) is 12.3. The number of carbonyl (C=O) groups excluding carboxylic acids is 1. The van der Waals surface area contributed by atoms with Crippen LogP contribution in [0.25, 0.3) is 0 Å². The number of aromatic hydroxyl groups is 1. The van der Waals surface area contributed by atoms with E-state index in [9.17, 15) is 14.3 Å². The number of amides is 1. The molecule has 0 aromatic heterocycles. The molecule has 0 atom stereocenters. The minimum Gasteiger partial charge on any atom is -0.507 e. The average molecular weight is 470 g/mol. The van der Waals surface area contributed by atoms with Crippen LogP contribution < -0.4 is 5.32 Å². The van der Waals surface area contributed by atoms with Gasteiger partial charge in [-0.2, -0.15) is 0 Å². The third kappa shape index (κ3) is 3.42. The third-order valence-electron chi connectivity index (χ3n) is 2.45. The first-order chi connectivity index (χ1) is 9.38. The summed E-state index contributed by atoms with van der Waals surface area (Å²) in [7, 11) is 0. The van der Waals surface area contributed by atoms with Crippen molar-refractivity contribution >= 4 is 61.7 Å². The summed E-state index contributed by atoms with van der Waals surface area (Å²) in [4.78, 5) is 12.1. The second-order valence-electron chi connectivity index (χ2n) is 3.86. The van der Waals surface area contributed by atoms with Gasteiger partial charge in [-0.25, -0.2) is 4.39 Å². The molecule has 2 N–H and O–H groups in total. The molecular formula is C13H7BrClFINO2. The zero-order chi connectivity index (χ0) is 14.9. The van der Waals surface area contributed by atoms with Gasteiger partial charge in [0.25, 0.3) is 5.91 Å². The molecule has 20 heavy (non-hydrogen) atoms. The van der Waals surface area contributed by atoms with Gasteiger partial charge in [0.1, 0.15) is 11.6 Å². The van der Waals surface area contributed by atoms with Crippen molar-refractivity contribution in [3.05, 3.63) is 54.8 Å². The molecule has 0 saturated carbocycles. The summed E-state index contributed by atoms with van der Waals surface area (Å²) < 4.78 is 14.2. The Morgan fingerprint density at radius 3 is 2.70 bits per heavy atom. The van der Waals surface area contributed by atoms with Gasteiger partial charge >= 0.3 is 0 Å². The molecule has 2 rings (SSSR count). The minimum absolute atomic E-state index is 0.0651. The fourth-order valence-corrected chi connectivity index (χ4v) is 2.92. The molecular weight excluding hydrogens is 463 g/mol. The lowest BCUT2D eigenvalue weighted by molar-refractivity contribution is 0.102. The highest BCUT2D eigenvalue weighted by atomic mass is 127. The number of benzene rings is 2. The number of nitrogens with one attached hydrogen (secondary N) is 1. The minimum atomic E-state index is -0.532. The predicted molar refractivity (Wildman–Crippen MR) is 87.9 cm³/mol. The van der Waals surface area contributed by atoms with Gasteiger partial charge < -0.3 is 10.4 Å². The summed E-state index contributed by atoms with van der Waals surface area (Å²) in [6.45, 7) is 0. The molecule has 2 aromatic rings. The Labute approximate surface area is 141 Å². The Morgan fingerprint density at radius 2 is 2.05 bits per heavy atom. The zero-order valence-electron chi connectivity index (χ0n) is 9.75. The van der Waals surface area contributed by atoms with Crippen molar-refractivity contribution in [3.8, 4) is 5.75 Å². The van der Waals surface area contributed by atoms with Gasteiger partial charge in [-0.05, 0) is 68.9 Å². The summed E-state index contributed by atoms with van der Waals surface area (Å²) in [5.74, 6) is -1.19. The molecule has 0 saturated heterocycles. The van der Waals surface area contributed by atoms with Crippen LogP contribution in [0.4, 0.5) is 10.1 Å². The van der Waals surface area contributed by atoms with Crippen molar-refractivity contribution in [2.75, 3.05) is 5.32 Å². The van der Waals surface area contributed by atoms with E-state index in [0.717, 1.165) is 9.64 Å². The van der Waals surface area contributed by atoms with E-state index in [1.165, 1.54) is 18.2 Å². The first-order valence-electron chi connectivity index (χ1n) is 5.33. The molecule has 0 fully saturated rings. The highest BCUT2D eigenvalue weighted by molar-refractivity contribution is 14.1. The first kappa shape index (κ1) is 15.5. The smallest absolute Gasteiger partial charge is 0.259 e. The van der Waals surface area contributed by atoms with Crippen LogP contribution in [0.3, 0.4) is 0 Å². The van der Waals surface area contributed by atoms with Gasteiger partial charge in [-0.3, -0.25) is 4.79 Å². The Bertz CT molecular complexity index is 673. The van der Waals surface area contributed by atoms with Crippen molar-refractivity contribution in [2.45, 2.75) is 0 Å². The Balaban J connectivity index is 2.35. The van der Waals surface area contributed by atoms with E-state index in [2.05, 4.69) is 21.2 Å². The highest BCUT2D eigenvalue weighted by Crippen LogP contribution is 2.32. The SMILES string of the molecule is O=C(Nc1c(Cl)cc(F)cc1Br)c1cc(I)ccc1O. The number of halogens is 4. The average Bonchev–Trinajstić information content (AvgIpc) is 2.36. The molecule has 3 nitrogen and oxygen atoms in total. The molecule has 0 spiro atoms. The largest absolute Gasteiger partial charge is 0.507 e. The molecule has 0 aliphatic rings. The van der Waals surface area contributed by atoms with E-state index in [1.54, 1.807) is 6.07 Å². The maximum Gasteiger partial charge on any atom is 0.259 e. The molecule has 0 bridgehead atoms. The monoisotopic (exact) mass is 469 g/mol. The maximum atomic E-state index is 13.1. The van der Waals surface area contributed by atoms with Crippen molar-refractivity contribution in [1.29, 1.82) is 0 Å². The number of hydrogen-bond acceptors (Lipinski definition) is 2. The molecule has 0 unspecified atom stereocenters. The quantitative estimate of drug-likeness (QED) is 0.620. The fraction of sp³-hybridized carbons (Fsp3) is 0. The number of rotatable bonds is 2. The Hall–Kier alpha value is -0.860. The van der Waals surface area contributed by atoms with Crippen LogP contribution in [-0.4, -0.2) is 11.0 Å². The predicted octanol–water partition coefficient (Wildman–Crippen LogP) is 4.80. The summed E-state index contributed by atoms with van der Waals surface area (Å²) >= 11 is 11.0. The lowest BCUT2D eigenvalue weighted by Crippen LogP contribution is -2.13. The van der Waals surface area contributed by atoms with Crippen LogP contribution in [0.1, 0.15) is 10.4 Å². The Morgan fingerprint density at radius 1 is 1.35 bits per heavy atom. The molecule has 0 heterocycles. The lowest BCUT2D eigenvalue weighted by Gasteiger charge is -2.11. The van der Waals surface area contributed by atoms with Crippen LogP contribution in [-0.2, 0) is 0 Å². The van der Waals surface area contributed by atoms with Gasteiger partial charge in [0.15, 0.2) is 0 Å². The van der Waals surface area contributed by atoms with Crippen LogP contribution in [0.2, 0.25) is 5.02 Å². The normalized spacial score (nSPS) is 10.4. The summed E-state index contributed by atoms with van der Waals surface area (Å²) in [5.41, 5.74) is 0.362. The van der Waals surface area contributed by atoms with E-state index < -0.39 is 11.7 Å². The van der Waals surface area contributed by atoms with E-state index in [1.807, 2.05) is 22.6 Å². The number of hydrogen-bond donors (Lipinski definition) is 2. The number of phenols is 1. The molecule has 2 aromatic carbocycles. The van der Waals surface area contributed by atoms with Crippen molar-refractivity contribution in [1.82, 2.24) is 0 Å². The summed E-state index contributed by atoms with van der Waals surface area (Å²) in [6, 6.07) is 6.93. The van der Waals surface area contributed by atoms with Crippen LogP contribution in [0.15, 0.2) is 34.8 Å². The van der Waals surface area contributed by atoms with Crippen molar-refractivity contribution < 1.29 is 14.3 Å². The zero-order valence-corrected chi connectivity index (χ0v) is 14.3. The van der Waals surface area contributed by atoms with E-state index >= 15 is 0 Å². The Kier molecular flexibility index (Phi) is 4.87. The topological polar surface area (TPSA) is 49.3 Å². The fourth-order valence-electron chi connectivity index (χ4n) is 1.53. The summed E-state index contributed by atoms with van der Waals surface area (Å²) in [6.07, 6.45) is 0. The van der Waals surface area contributed by atoms with Crippen LogP contribution >= 0.6 is 50.1 Å². The van der Waals surface area contributed by atoms with Crippen molar-refractivity contribution in [2.24, 2.45) is 0 Å². The molecule has 0 aliphatic heterocycles. The molecule has 104 valence electrons. The first-order valence-corrected chi connectivity index (χ1v) is 7.58. The lowest BCUT2D eigenvalue weighted by atomic mass is 10.2. The van der Waals surface area contributed by atoms with E-state index in [-0.39, 0.29) is 22.0 Å². The molecule has 0 aliphatic carbocycles. The van der Waals surface area contributed by atoms with Gasteiger partial charge in [0.05, 0.1) is 16.3 Å².